The number of piperazine rings is 1. The predicted octanol–water partition coefficient (Wildman–Crippen LogP) is 3.07. The van der Waals surface area contributed by atoms with Crippen LogP contribution in [-0.2, 0) is 6.54 Å². The van der Waals surface area contributed by atoms with Crippen molar-refractivity contribution in [1.29, 1.82) is 0 Å². The van der Waals surface area contributed by atoms with Crippen LogP contribution in [0.4, 0.5) is 4.79 Å². The van der Waals surface area contributed by atoms with Crippen LogP contribution in [-0.4, -0.2) is 85.8 Å². The lowest BCUT2D eigenvalue weighted by atomic mass is 10.2. The van der Waals surface area contributed by atoms with Crippen LogP contribution in [0, 0.1) is 0 Å². The van der Waals surface area contributed by atoms with Crippen molar-refractivity contribution in [2.75, 3.05) is 59.0 Å². The SMILES string of the molecule is CCN(CC1COc2ccccc2O1)C(=O)NCCCN1CCN(Cc2ccccc2)CC1. The van der Waals surface area contributed by atoms with Gasteiger partial charge in [-0.25, -0.2) is 4.79 Å². The highest BCUT2D eigenvalue weighted by atomic mass is 16.6. The van der Waals surface area contributed by atoms with E-state index in [4.69, 9.17) is 9.47 Å². The number of hydrogen-bond donors (Lipinski definition) is 1. The Balaban J connectivity index is 1.11. The van der Waals surface area contributed by atoms with Gasteiger partial charge in [0.2, 0.25) is 0 Å². The highest BCUT2D eigenvalue weighted by Crippen LogP contribution is 2.31. The third-order valence-electron chi connectivity index (χ3n) is 6.30. The van der Waals surface area contributed by atoms with Gasteiger partial charge in [0.25, 0.3) is 0 Å². The zero-order valence-corrected chi connectivity index (χ0v) is 19.6. The van der Waals surface area contributed by atoms with Gasteiger partial charge in [0.1, 0.15) is 6.61 Å². The highest BCUT2D eigenvalue weighted by molar-refractivity contribution is 5.74. The number of nitrogens with zero attached hydrogens (tertiary/aromatic N) is 3. The molecule has 0 aliphatic carbocycles. The maximum atomic E-state index is 12.7. The summed E-state index contributed by atoms with van der Waals surface area (Å²) in [5.74, 6) is 1.51. The number of carbonyl (C=O) groups excluding carboxylic acids is 1. The first-order chi connectivity index (χ1) is 16.2. The average Bonchev–Trinajstić information content (AvgIpc) is 2.86. The van der Waals surface area contributed by atoms with E-state index in [-0.39, 0.29) is 12.1 Å². The molecule has 4 rings (SSSR count). The fraction of sp³-hybridized carbons (Fsp3) is 0.500. The Labute approximate surface area is 197 Å². The van der Waals surface area contributed by atoms with Crippen molar-refractivity contribution in [2.45, 2.75) is 26.0 Å². The summed E-state index contributed by atoms with van der Waals surface area (Å²) in [7, 11) is 0. The van der Waals surface area contributed by atoms with Gasteiger partial charge in [-0.1, -0.05) is 42.5 Å². The van der Waals surface area contributed by atoms with Gasteiger partial charge >= 0.3 is 6.03 Å². The van der Waals surface area contributed by atoms with Gasteiger partial charge in [0.15, 0.2) is 17.6 Å². The first kappa shape index (κ1) is 23.4. The molecular formula is C26H36N4O3. The monoisotopic (exact) mass is 452 g/mol. The van der Waals surface area contributed by atoms with Crippen LogP contribution < -0.4 is 14.8 Å². The first-order valence-electron chi connectivity index (χ1n) is 12.1. The van der Waals surface area contributed by atoms with Crippen LogP contribution in [0.3, 0.4) is 0 Å². The predicted molar refractivity (Wildman–Crippen MR) is 130 cm³/mol. The van der Waals surface area contributed by atoms with Gasteiger partial charge < -0.3 is 24.6 Å². The van der Waals surface area contributed by atoms with E-state index in [0.29, 0.717) is 26.2 Å². The molecule has 2 aromatic carbocycles. The Morgan fingerprint density at radius 1 is 1.00 bits per heavy atom. The van der Waals surface area contributed by atoms with Crippen LogP contribution in [0.15, 0.2) is 54.6 Å². The second-order valence-electron chi connectivity index (χ2n) is 8.73. The largest absolute Gasteiger partial charge is 0.486 e. The van der Waals surface area contributed by atoms with Crippen LogP contribution >= 0.6 is 0 Å². The molecule has 33 heavy (non-hydrogen) atoms. The molecule has 2 aliphatic rings. The molecule has 178 valence electrons. The van der Waals surface area contributed by atoms with Gasteiger partial charge in [-0.05, 0) is 37.6 Å². The van der Waals surface area contributed by atoms with Crippen molar-refractivity contribution in [2.24, 2.45) is 0 Å². The maximum Gasteiger partial charge on any atom is 0.317 e. The minimum absolute atomic E-state index is 0.0346. The van der Waals surface area contributed by atoms with E-state index in [1.165, 1.54) is 5.56 Å². The molecule has 7 heteroatoms. The Hall–Kier alpha value is -2.77. The number of amides is 2. The molecule has 2 aliphatic heterocycles. The average molecular weight is 453 g/mol. The summed E-state index contributed by atoms with van der Waals surface area (Å²) in [5, 5.41) is 3.08. The Kier molecular flexibility index (Phi) is 8.44. The van der Waals surface area contributed by atoms with Gasteiger partial charge in [0.05, 0.1) is 6.54 Å². The quantitative estimate of drug-likeness (QED) is 0.593. The molecule has 0 saturated carbocycles. The third kappa shape index (κ3) is 6.85. The number of urea groups is 1. The number of benzene rings is 2. The molecule has 2 aromatic rings. The summed E-state index contributed by atoms with van der Waals surface area (Å²) in [6.45, 7) is 10.7. The molecular weight excluding hydrogens is 416 g/mol. The zero-order valence-electron chi connectivity index (χ0n) is 19.6. The number of likely N-dealkylation sites (N-methyl/N-ethyl adjacent to an activating group) is 1. The smallest absolute Gasteiger partial charge is 0.317 e. The van der Waals surface area contributed by atoms with Crippen molar-refractivity contribution in [1.82, 2.24) is 20.0 Å². The summed E-state index contributed by atoms with van der Waals surface area (Å²) >= 11 is 0. The second-order valence-corrected chi connectivity index (χ2v) is 8.73. The molecule has 1 fully saturated rings. The number of hydrogen-bond acceptors (Lipinski definition) is 5. The molecule has 1 unspecified atom stereocenters. The number of ether oxygens (including phenoxy) is 2. The molecule has 0 radical (unpaired) electrons. The fourth-order valence-electron chi connectivity index (χ4n) is 4.38. The van der Waals surface area contributed by atoms with Crippen molar-refractivity contribution >= 4 is 6.03 Å². The Bertz CT molecular complexity index is 871. The minimum Gasteiger partial charge on any atom is -0.486 e. The summed E-state index contributed by atoms with van der Waals surface area (Å²) in [6, 6.07) is 18.3. The summed E-state index contributed by atoms with van der Waals surface area (Å²) < 4.78 is 11.8. The standard InChI is InChI=1S/C26H36N4O3/c1-2-30(20-23-21-32-24-11-6-7-12-25(24)33-23)26(31)27-13-8-14-28-15-17-29(18-16-28)19-22-9-4-3-5-10-22/h3-7,9-12,23H,2,8,13-21H2,1H3,(H,27,31). The minimum atomic E-state index is -0.155. The molecule has 2 amide bonds. The zero-order chi connectivity index (χ0) is 22.9. The molecule has 0 aromatic heterocycles. The molecule has 1 saturated heterocycles. The van der Waals surface area contributed by atoms with Gasteiger partial charge in [0, 0.05) is 45.8 Å². The molecule has 2 heterocycles. The molecule has 7 nitrogen and oxygen atoms in total. The first-order valence-corrected chi connectivity index (χ1v) is 12.1. The van der Waals surface area contributed by atoms with E-state index >= 15 is 0 Å². The van der Waals surface area contributed by atoms with Crippen molar-refractivity contribution in [3.8, 4) is 11.5 Å². The second kappa shape index (κ2) is 11.9. The van der Waals surface area contributed by atoms with Gasteiger partial charge in [-0.2, -0.15) is 0 Å². The van der Waals surface area contributed by atoms with Crippen LogP contribution in [0.1, 0.15) is 18.9 Å². The van der Waals surface area contributed by atoms with E-state index in [0.717, 1.165) is 57.2 Å². The van der Waals surface area contributed by atoms with E-state index in [2.05, 4.69) is 45.4 Å². The van der Waals surface area contributed by atoms with E-state index in [1.54, 1.807) is 4.90 Å². The van der Waals surface area contributed by atoms with Crippen molar-refractivity contribution < 1.29 is 14.3 Å². The van der Waals surface area contributed by atoms with Crippen LogP contribution in [0.5, 0.6) is 11.5 Å². The molecule has 0 spiro atoms. The number of rotatable bonds is 9. The molecule has 1 N–H and O–H groups in total. The third-order valence-corrected chi connectivity index (χ3v) is 6.30. The van der Waals surface area contributed by atoms with Crippen molar-refractivity contribution in [3.63, 3.8) is 0 Å². The summed E-state index contributed by atoms with van der Waals surface area (Å²) in [5.41, 5.74) is 1.38. The van der Waals surface area contributed by atoms with Crippen LogP contribution in [0.2, 0.25) is 0 Å². The number of carbonyl (C=O) groups is 1. The lowest BCUT2D eigenvalue weighted by Crippen LogP contribution is -2.48. The van der Waals surface area contributed by atoms with Crippen LogP contribution in [0.25, 0.3) is 0 Å². The Morgan fingerprint density at radius 3 is 2.45 bits per heavy atom. The normalized spacial score (nSPS) is 18.6. The van der Waals surface area contributed by atoms with E-state index < -0.39 is 0 Å². The lowest BCUT2D eigenvalue weighted by molar-refractivity contribution is 0.0675. The lowest BCUT2D eigenvalue weighted by Gasteiger charge is -2.34. The number of fused-ring (bicyclic) bond motifs is 1. The van der Waals surface area contributed by atoms with E-state index in [9.17, 15) is 4.79 Å². The van der Waals surface area contributed by atoms with Gasteiger partial charge in [-0.3, -0.25) is 4.90 Å². The fourth-order valence-corrected chi connectivity index (χ4v) is 4.38. The summed E-state index contributed by atoms with van der Waals surface area (Å²) in [4.78, 5) is 19.5. The highest BCUT2D eigenvalue weighted by Gasteiger charge is 2.24. The molecule has 1 atom stereocenters. The Morgan fingerprint density at radius 2 is 1.70 bits per heavy atom. The summed E-state index contributed by atoms with van der Waals surface area (Å²) in [6.07, 6.45) is 0.802. The van der Waals surface area contributed by atoms with E-state index in [1.807, 2.05) is 31.2 Å². The number of nitrogens with one attached hydrogen (secondary N) is 1. The number of para-hydroxylation sites is 2. The topological polar surface area (TPSA) is 57.3 Å². The van der Waals surface area contributed by atoms with Crippen molar-refractivity contribution in [3.05, 3.63) is 60.2 Å². The molecule has 0 bridgehead atoms. The van der Waals surface area contributed by atoms with Gasteiger partial charge in [-0.15, -0.1) is 0 Å². The maximum absolute atomic E-state index is 12.7.